The van der Waals surface area contributed by atoms with Gasteiger partial charge in [-0.05, 0) is 31.7 Å². The Morgan fingerprint density at radius 2 is 2.03 bits per heavy atom. The highest BCUT2D eigenvalue weighted by Gasteiger charge is 2.25. The number of rotatable bonds is 5. The maximum absolute atomic E-state index is 13.0. The van der Waals surface area contributed by atoms with Gasteiger partial charge in [0.15, 0.2) is 0 Å². The third-order valence-electron chi connectivity index (χ3n) is 4.75. The number of cyclic esters (lactones) is 1. The molecule has 0 saturated heterocycles. The van der Waals surface area contributed by atoms with Gasteiger partial charge in [-0.2, -0.15) is 0 Å². The van der Waals surface area contributed by atoms with Crippen LogP contribution >= 0.6 is 0 Å². The van der Waals surface area contributed by atoms with Crippen molar-refractivity contribution >= 4 is 17.8 Å². The van der Waals surface area contributed by atoms with Gasteiger partial charge in [0.25, 0.3) is 0 Å². The van der Waals surface area contributed by atoms with Crippen LogP contribution in [0.4, 0.5) is 0 Å². The molecule has 3 atom stereocenters. The molecule has 7 heteroatoms. The Hall–Kier alpha value is -2.67. The number of aliphatic hydroxyl groups excluding tert-OH is 1. The van der Waals surface area contributed by atoms with E-state index in [-0.39, 0.29) is 43.5 Å². The molecule has 3 N–H and O–H groups in total. The van der Waals surface area contributed by atoms with Crippen LogP contribution in [0.15, 0.2) is 42.5 Å². The van der Waals surface area contributed by atoms with Crippen molar-refractivity contribution in [3.8, 4) is 0 Å². The van der Waals surface area contributed by atoms with Crippen LogP contribution in [-0.2, 0) is 19.1 Å². The molecule has 1 aliphatic heterocycles. The summed E-state index contributed by atoms with van der Waals surface area (Å²) >= 11 is 0. The minimum atomic E-state index is -0.556. The van der Waals surface area contributed by atoms with Crippen LogP contribution in [0.1, 0.15) is 50.6 Å². The van der Waals surface area contributed by atoms with Gasteiger partial charge in [0.2, 0.25) is 11.8 Å². The molecular weight excluding hydrogens is 372 g/mol. The molecule has 1 heterocycles. The number of amides is 2. The summed E-state index contributed by atoms with van der Waals surface area (Å²) in [5.41, 5.74) is 0.830. The van der Waals surface area contributed by atoms with Gasteiger partial charge < -0.3 is 20.5 Å². The van der Waals surface area contributed by atoms with Gasteiger partial charge in [0.1, 0.15) is 6.61 Å². The molecule has 0 unspecified atom stereocenters. The Labute approximate surface area is 171 Å². The van der Waals surface area contributed by atoms with Crippen LogP contribution in [0.3, 0.4) is 0 Å². The first-order valence-electron chi connectivity index (χ1n) is 10.1. The average molecular weight is 402 g/mol. The third-order valence-corrected chi connectivity index (χ3v) is 4.75. The summed E-state index contributed by atoms with van der Waals surface area (Å²) in [7, 11) is 0. The van der Waals surface area contributed by atoms with E-state index >= 15 is 0 Å². The maximum atomic E-state index is 13.0. The zero-order chi connectivity index (χ0) is 21.1. The van der Waals surface area contributed by atoms with E-state index in [9.17, 15) is 14.4 Å². The summed E-state index contributed by atoms with van der Waals surface area (Å²) in [4.78, 5) is 37.2. The molecule has 1 aliphatic rings. The molecular formula is C22H30N2O5. The first-order valence-corrected chi connectivity index (χ1v) is 10.1. The van der Waals surface area contributed by atoms with Gasteiger partial charge in [-0.1, -0.05) is 42.5 Å². The standard InChI is InChI=1S/C22H30N2O5/c1-16(14-25)23-20(26)13-18-11-5-2-3-8-12-21(27)29-15-19(24-22(18)28)17-9-6-4-7-10-17/h2,4-7,9-10,16,18-19,25H,3,8,11-15H2,1H3,(H,23,26)(H,24,28)/t16-,18-,19-/m1/s1. The van der Waals surface area contributed by atoms with Crippen molar-refractivity contribution in [2.45, 2.75) is 51.1 Å². The minimum absolute atomic E-state index is 0.0157. The summed E-state index contributed by atoms with van der Waals surface area (Å²) in [6.45, 7) is 1.58. The Kier molecular flexibility index (Phi) is 9.37. The molecule has 1 aromatic rings. The number of hydrogen-bond acceptors (Lipinski definition) is 5. The molecule has 29 heavy (non-hydrogen) atoms. The fraction of sp³-hybridized carbons (Fsp3) is 0.500. The minimum Gasteiger partial charge on any atom is -0.463 e. The van der Waals surface area contributed by atoms with E-state index in [0.29, 0.717) is 25.7 Å². The maximum Gasteiger partial charge on any atom is 0.305 e. The topological polar surface area (TPSA) is 105 Å². The molecule has 0 radical (unpaired) electrons. The lowest BCUT2D eigenvalue weighted by Crippen LogP contribution is -2.40. The van der Waals surface area contributed by atoms with Gasteiger partial charge in [-0.3, -0.25) is 14.4 Å². The van der Waals surface area contributed by atoms with Crippen LogP contribution in [0, 0.1) is 5.92 Å². The number of carbonyl (C=O) groups excluding carboxylic acids is 3. The van der Waals surface area contributed by atoms with Crippen molar-refractivity contribution in [3.63, 3.8) is 0 Å². The van der Waals surface area contributed by atoms with E-state index in [1.807, 2.05) is 42.5 Å². The van der Waals surface area contributed by atoms with E-state index in [1.165, 1.54) is 0 Å². The van der Waals surface area contributed by atoms with Crippen LogP contribution < -0.4 is 10.6 Å². The SMILES string of the molecule is C[C@H](CO)NC(=O)C[C@H]1CC=CCCCC(=O)OC[C@H](c2ccccc2)NC1=O. The van der Waals surface area contributed by atoms with Crippen molar-refractivity contribution in [1.29, 1.82) is 0 Å². The van der Waals surface area contributed by atoms with E-state index in [0.717, 1.165) is 5.56 Å². The second-order valence-electron chi connectivity index (χ2n) is 7.31. The van der Waals surface area contributed by atoms with Gasteiger partial charge in [-0.25, -0.2) is 0 Å². The molecule has 0 saturated carbocycles. The van der Waals surface area contributed by atoms with Gasteiger partial charge >= 0.3 is 5.97 Å². The second kappa shape index (κ2) is 12.0. The van der Waals surface area contributed by atoms with Gasteiger partial charge in [0.05, 0.1) is 18.6 Å². The van der Waals surface area contributed by atoms with E-state index in [2.05, 4.69) is 10.6 Å². The van der Waals surface area contributed by atoms with Crippen LogP contribution in [0.2, 0.25) is 0 Å². The van der Waals surface area contributed by atoms with E-state index in [1.54, 1.807) is 6.92 Å². The largest absolute Gasteiger partial charge is 0.463 e. The molecule has 7 nitrogen and oxygen atoms in total. The van der Waals surface area contributed by atoms with Gasteiger partial charge in [0, 0.05) is 18.9 Å². The lowest BCUT2D eigenvalue weighted by Gasteiger charge is -2.23. The van der Waals surface area contributed by atoms with Crippen molar-refractivity contribution in [2.75, 3.05) is 13.2 Å². The molecule has 0 fully saturated rings. The van der Waals surface area contributed by atoms with Crippen molar-refractivity contribution in [2.24, 2.45) is 5.92 Å². The highest BCUT2D eigenvalue weighted by molar-refractivity contribution is 5.86. The molecule has 2 amide bonds. The highest BCUT2D eigenvalue weighted by Crippen LogP contribution is 2.18. The Balaban J connectivity index is 2.16. The second-order valence-corrected chi connectivity index (χ2v) is 7.31. The summed E-state index contributed by atoms with van der Waals surface area (Å²) in [6, 6.07) is 8.45. The summed E-state index contributed by atoms with van der Waals surface area (Å²) in [5, 5.41) is 14.7. The van der Waals surface area contributed by atoms with Crippen LogP contribution in [0.25, 0.3) is 0 Å². The Morgan fingerprint density at radius 1 is 1.28 bits per heavy atom. The third kappa shape index (κ3) is 8.07. The average Bonchev–Trinajstić information content (AvgIpc) is 2.73. The summed E-state index contributed by atoms with van der Waals surface area (Å²) in [5.74, 6) is -1.40. The molecule has 0 bridgehead atoms. The first-order chi connectivity index (χ1) is 14.0. The normalized spacial score (nSPS) is 22.3. The van der Waals surface area contributed by atoms with Crippen molar-refractivity contribution in [3.05, 3.63) is 48.0 Å². The first kappa shape index (κ1) is 22.6. The van der Waals surface area contributed by atoms with Gasteiger partial charge in [-0.15, -0.1) is 0 Å². The number of ether oxygens (including phenoxy) is 1. The number of benzene rings is 1. The fourth-order valence-electron chi connectivity index (χ4n) is 3.07. The number of allylic oxidation sites excluding steroid dienone is 2. The molecule has 0 spiro atoms. The molecule has 0 aliphatic carbocycles. The summed E-state index contributed by atoms with van der Waals surface area (Å²) < 4.78 is 5.37. The molecule has 2 rings (SSSR count). The Morgan fingerprint density at radius 3 is 2.76 bits per heavy atom. The van der Waals surface area contributed by atoms with E-state index < -0.39 is 12.0 Å². The zero-order valence-corrected chi connectivity index (χ0v) is 16.8. The van der Waals surface area contributed by atoms with Crippen LogP contribution in [-0.4, -0.2) is 42.1 Å². The lowest BCUT2D eigenvalue weighted by molar-refractivity contribution is -0.145. The monoisotopic (exact) mass is 402 g/mol. The van der Waals surface area contributed by atoms with Crippen LogP contribution in [0.5, 0.6) is 0 Å². The lowest BCUT2D eigenvalue weighted by atomic mass is 9.97. The number of hydrogen-bond donors (Lipinski definition) is 3. The molecule has 1 aromatic carbocycles. The number of esters is 1. The summed E-state index contributed by atoms with van der Waals surface area (Å²) in [6.07, 6.45) is 5.95. The molecule has 0 aromatic heterocycles. The van der Waals surface area contributed by atoms with E-state index in [4.69, 9.17) is 9.84 Å². The number of nitrogens with one attached hydrogen (secondary N) is 2. The molecule has 158 valence electrons. The zero-order valence-electron chi connectivity index (χ0n) is 16.8. The van der Waals surface area contributed by atoms with Crippen molar-refractivity contribution in [1.82, 2.24) is 10.6 Å². The number of carbonyl (C=O) groups is 3. The number of aliphatic hydroxyl groups is 1. The fourth-order valence-corrected chi connectivity index (χ4v) is 3.07. The predicted octanol–water partition coefficient (Wildman–Crippen LogP) is 2.02. The smallest absolute Gasteiger partial charge is 0.305 e. The Bertz CT molecular complexity index is 704. The van der Waals surface area contributed by atoms with Crippen molar-refractivity contribution < 1.29 is 24.2 Å². The predicted molar refractivity (Wildman–Crippen MR) is 109 cm³/mol. The highest BCUT2D eigenvalue weighted by atomic mass is 16.5. The quantitative estimate of drug-likeness (QED) is 0.516.